The lowest BCUT2D eigenvalue weighted by molar-refractivity contribution is -0.114. The molecular weight excluding hydrogens is 462 g/mol. The van der Waals surface area contributed by atoms with Gasteiger partial charge in [0.2, 0.25) is 0 Å². The minimum Gasteiger partial charge on any atom is -0.494 e. The number of benzene rings is 2. The highest BCUT2D eigenvalue weighted by Gasteiger charge is 2.37. The number of carbonyl (C=O) groups is 2. The van der Waals surface area contributed by atoms with Crippen molar-refractivity contribution >= 4 is 49.2 Å². The molecule has 1 aliphatic heterocycles. The molecule has 0 N–H and O–H groups in total. The van der Waals surface area contributed by atoms with Crippen LogP contribution in [-0.4, -0.2) is 18.3 Å². The summed E-state index contributed by atoms with van der Waals surface area (Å²) in [5.74, 6) is -0.157. The van der Waals surface area contributed by atoms with Gasteiger partial charge in [-0.3, -0.25) is 14.5 Å². The van der Waals surface area contributed by atoms with Gasteiger partial charge in [0.1, 0.15) is 5.75 Å². The Hall–Kier alpha value is -1.66. The summed E-state index contributed by atoms with van der Waals surface area (Å²) >= 11 is 6.83. The molecule has 4 nitrogen and oxygen atoms in total. The highest BCUT2D eigenvalue weighted by atomic mass is 79.9. The van der Waals surface area contributed by atoms with Crippen LogP contribution in [0.25, 0.3) is 0 Å². The van der Waals surface area contributed by atoms with E-state index in [0.717, 1.165) is 33.1 Å². The average molecular weight is 481 g/mol. The summed E-state index contributed by atoms with van der Waals surface area (Å²) in [6.07, 6.45) is 3.37. The monoisotopic (exact) mass is 479 g/mol. The first kappa shape index (κ1) is 19.1. The molecule has 0 bridgehead atoms. The Morgan fingerprint density at radius 2 is 1.77 bits per heavy atom. The van der Waals surface area contributed by atoms with E-state index in [9.17, 15) is 9.59 Å². The van der Waals surface area contributed by atoms with Crippen molar-refractivity contribution in [2.24, 2.45) is 0 Å². The van der Waals surface area contributed by atoms with Crippen LogP contribution in [0.1, 0.15) is 42.1 Å². The fourth-order valence-electron chi connectivity index (χ4n) is 2.92. The maximum Gasteiger partial charge on any atom is 0.299 e. The molecule has 0 spiro atoms. The molecule has 1 heterocycles. The van der Waals surface area contributed by atoms with E-state index in [1.165, 1.54) is 11.3 Å². The average Bonchev–Trinajstić information content (AvgIpc) is 2.85. The highest BCUT2D eigenvalue weighted by Crippen LogP contribution is 2.39. The molecular formula is C20H19Br2NO3. The lowest BCUT2D eigenvalue weighted by atomic mass is 10.1. The standard InChI is InChI=1S/C20H19Br2NO3/c1-2-3-4-9-26-15-7-5-13(6-8-15)12-23-18-16(19(24)20(23)25)10-14(21)11-17(18)22/h5-8,10-11H,2-4,9,12H2,1H3. The predicted octanol–water partition coefficient (Wildman–Crippen LogP) is 5.51. The Labute approximate surface area is 169 Å². The molecule has 1 amide bonds. The molecule has 26 heavy (non-hydrogen) atoms. The summed E-state index contributed by atoms with van der Waals surface area (Å²) in [6.45, 7) is 3.21. The second kappa shape index (κ2) is 8.35. The van der Waals surface area contributed by atoms with Crippen LogP contribution in [0.15, 0.2) is 45.3 Å². The fraction of sp³-hybridized carbons (Fsp3) is 0.300. The lowest BCUT2D eigenvalue weighted by Crippen LogP contribution is -2.29. The molecule has 136 valence electrons. The van der Waals surface area contributed by atoms with Crippen LogP contribution < -0.4 is 9.64 Å². The molecule has 6 heteroatoms. The number of hydrogen-bond acceptors (Lipinski definition) is 3. The smallest absolute Gasteiger partial charge is 0.299 e. The molecule has 0 saturated heterocycles. The van der Waals surface area contributed by atoms with Crippen molar-refractivity contribution in [2.45, 2.75) is 32.7 Å². The van der Waals surface area contributed by atoms with Crippen molar-refractivity contribution in [1.82, 2.24) is 0 Å². The van der Waals surface area contributed by atoms with Crippen LogP contribution in [0.3, 0.4) is 0 Å². The number of hydrogen-bond donors (Lipinski definition) is 0. The first-order valence-corrected chi connectivity index (χ1v) is 10.2. The van der Waals surface area contributed by atoms with Gasteiger partial charge in [-0.2, -0.15) is 0 Å². The van der Waals surface area contributed by atoms with Crippen molar-refractivity contribution in [3.63, 3.8) is 0 Å². The number of ether oxygens (including phenoxy) is 1. The third-order valence-electron chi connectivity index (χ3n) is 4.26. The van der Waals surface area contributed by atoms with Gasteiger partial charge in [0.05, 0.1) is 24.4 Å². The SMILES string of the molecule is CCCCCOc1ccc(CN2C(=O)C(=O)c3cc(Br)cc(Br)c32)cc1. The maximum absolute atomic E-state index is 12.4. The first-order valence-electron chi connectivity index (χ1n) is 8.58. The quantitative estimate of drug-likeness (QED) is 0.387. The van der Waals surface area contributed by atoms with Gasteiger partial charge in [-0.25, -0.2) is 0 Å². The van der Waals surface area contributed by atoms with Crippen molar-refractivity contribution in [2.75, 3.05) is 11.5 Å². The number of unbranched alkanes of at least 4 members (excludes halogenated alkanes) is 2. The Morgan fingerprint density at radius 3 is 2.46 bits per heavy atom. The number of nitrogens with zero attached hydrogens (tertiary/aromatic N) is 1. The normalized spacial score (nSPS) is 13.3. The number of rotatable bonds is 7. The third-order valence-corrected chi connectivity index (χ3v) is 5.33. The maximum atomic E-state index is 12.4. The van der Waals surface area contributed by atoms with Gasteiger partial charge >= 0.3 is 0 Å². The Morgan fingerprint density at radius 1 is 1.04 bits per heavy atom. The number of Topliss-reactive ketones (excluding diaryl/α,β-unsaturated/α-hetero) is 1. The zero-order chi connectivity index (χ0) is 18.7. The summed E-state index contributed by atoms with van der Waals surface area (Å²) in [5, 5.41) is 0. The van der Waals surface area contributed by atoms with E-state index < -0.39 is 11.7 Å². The summed E-state index contributed by atoms with van der Waals surface area (Å²) in [6, 6.07) is 11.2. The van der Waals surface area contributed by atoms with Gasteiger partial charge in [0.15, 0.2) is 0 Å². The van der Waals surface area contributed by atoms with Crippen molar-refractivity contribution in [3.05, 3.63) is 56.5 Å². The van der Waals surface area contributed by atoms with Gasteiger partial charge < -0.3 is 4.74 Å². The van der Waals surface area contributed by atoms with Crippen LogP contribution in [0.2, 0.25) is 0 Å². The van der Waals surface area contributed by atoms with Crippen LogP contribution in [0.4, 0.5) is 5.69 Å². The van der Waals surface area contributed by atoms with Crippen LogP contribution in [0.5, 0.6) is 5.75 Å². The number of amides is 1. The summed E-state index contributed by atoms with van der Waals surface area (Å²) in [4.78, 5) is 26.2. The number of ketones is 1. The molecule has 0 aromatic heterocycles. The minimum absolute atomic E-state index is 0.341. The molecule has 1 aliphatic rings. The van der Waals surface area contributed by atoms with E-state index in [2.05, 4.69) is 38.8 Å². The summed E-state index contributed by atoms with van der Waals surface area (Å²) < 4.78 is 7.19. The highest BCUT2D eigenvalue weighted by molar-refractivity contribution is 9.11. The summed E-state index contributed by atoms with van der Waals surface area (Å²) in [7, 11) is 0. The van der Waals surface area contributed by atoms with Gasteiger partial charge in [-0.1, -0.05) is 47.8 Å². The summed E-state index contributed by atoms with van der Waals surface area (Å²) in [5.41, 5.74) is 1.99. The number of fused-ring (bicyclic) bond motifs is 1. The lowest BCUT2D eigenvalue weighted by Gasteiger charge is -2.18. The largest absolute Gasteiger partial charge is 0.494 e. The van der Waals surface area contributed by atoms with E-state index >= 15 is 0 Å². The molecule has 0 radical (unpaired) electrons. The van der Waals surface area contributed by atoms with E-state index in [1.807, 2.05) is 30.3 Å². The van der Waals surface area contributed by atoms with Gasteiger partial charge in [-0.15, -0.1) is 0 Å². The van der Waals surface area contributed by atoms with Crippen LogP contribution in [-0.2, 0) is 11.3 Å². The van der Waals surface area contributed by atoms with E-state index in [-0.39, 0.29) is 0 Å². The number of carbonyl (C=O) groups excluding carboxylic acids is 2. The molecule has 3 rings (SSSR count). The Bertz CT molecular complexity index is 834. The second-order valence-electron chi connectivity index (χ2n) is 6.20. The molecule has 0 fully saturated rings. The Balaban J connectivity index is 1.74. The Kier molecular flexibility index (Phi) is 6.14. The van der Waals surface area contributed by atoms with Crippen molar-refractivity contribution < 1.29 is 14.3 Å². The van der Waals surface area contributed by atoms with E-state index in [0.29, 0.717) is 24.4 Å². The van der Waals surface area contributed by atoms with Gasteiger partial charge in [-0.05, 0) is 52.2 Å². The van der Waals surface area contributed by atoms with E-state index in [1.54, 1.807) is 6.07 Å². The third kappa shape index (κ3) is 4.01. The van der Waals surface area contributed by atoms with Crippen LogP contribution in [0, 0.1) is 0 Å². The molecule has 0 unspecified atom stereocenters. The predicted molar refractivity (Wildman–Crippen MR) is 109 cm³/mol. The van der Waals surface area contributed by atoms with Crippen LogP contribution >= 0.6 is 31.9 Å². The molecule has 2 aromatic rings. The van der Waals surface area contributed by atoms with Gasteiger partial charge in [0, 0.05) is 8.95 Å². The molecule has 0 atom stereocenters. The number of anilines is 1. The zero-order valence-electron chi connectivity index (χ0n) is 14.4. The van der Waals surface area contributed by atoms with Crippen molar-refractivity contribution in [3.8, 4) is 5.75 Å². The molecule has 0 aliphatic carbocycles. The minimum atomic E-state index is -0.501. The molecule has 2 aromatic carbocycles. The van der Waals surface area contributed by atoms with E-state index in [4.69, 9.17) is 4.74 Å². The van der Waals surface area contributed by atoms with Crippen molar-refractivity contribution in [1.29, 1.82) is 0 Å². The fourth-order valence-corrected chi connectivity index (χ4v) is 4.36. The first-order chi connectivity index (χ1) is 12.5. The zero-order valence-corrected chi connectivity index (χ0v) is 17.6. The van der Waals surface area contributed by atoms with Gasteiger partial charge in [0.25, 0.3) is 11.7 Å². The second-order valence-corrected chi connectivity index (χ2v) is 7.97. The topological polar surface area (TPSA) is 46.6 Å². The number of halogens is 2. The molecule has 0 saturated carbocycles.